The predicted octanol–water partition coefficient (Wildman–Crippen LogP) is 1.97. The summed E-state index contributed by atoms with van der Waals surface area (Å²) in [6.07, 6.45) is -0.188. The average Bonchev–Trinajstić information content (AvgIpc) is 2.30. The SMILES string of the molecule is COC(=O)Cc1cccc(C(=O)OC(C)C)c1N.Cl. The average molecular weight is 288 g/mol. The maximum Gasteiger partial charge on any atom is 0.340 e. The van der Waals surface area contributed by atoms with Crippen LogP contribution < -0.4 is 5.73 Å². The van der Waals surface area contributed by atoms with Gasteiger partial charge in [-0.25, -0.2) is 4.79 Å². The molecule has 0 atom stereocenters. The lowest BCUT2D eigenvalue weighted by atomic mass is 10.0. The van der Waals surface area contributed by atoms with Crippen LogP contribution >= 0.6 is 12.4 Å². The second kappa shape index (κ2) is 7.63. The summed E-state index contributed by atoms with van der Waals surface area (Å²) in [5.41, 5.74) is 6.94. The molecule has 0 aromatic heterocycles. The van der Waals surface area contributed by atoms with Gasteiger partial charge in [0.2, 0.25) is 0 Å². The second-order valence-corrected chi connectivity index (χ2v) is 4.09. The van der Waals surface area contributed by atoms with Crippen LogP contribution in [0.15, 0.2) is 18.2 Å². The van der Waals surface area contributed by atoms with Gasteiger partial charge in [-0.2, -0.15) is 0 Å². The molecule has 0 saturated heterocycles. The highest BCUT2D eigenvalue weighted by Crippen LogP contribution is 2.20. The third-order valence-corrected chi connectivity index (χ3v) is 2.32. The van der Waals surface area contributed by atoms with Gasteiger partial charge in [-0.05, 0) is 25.5 Å². The van der Waals surface area contributed by atoms with Crippen LogP contribution in [0.25, 0.3) is 0 Å². The van der Waals surface area contributed by atoms with Crippen LogP contribution in [0.1, 0.15) is 29.8 Å². The summed E-state index contributed by atoms with van der Waals surface area (Å²) in [6.45, 7) is 3.51. The van der Waals surface area contributed by atoms with Crippen molar-refractivity contribution >= 4 is 30.0 Å². The smallest absolute Gasteiger partial charge is 0.340 e. The molecule has 0 fully saturated rings. The van der Waals surface area contributed by atoms with Crippen molar-refractivity contribution in [3.63, 3.8) is 0 Å². The molecule has 0 heterocycles. The van der Waals surface area contributed by atoms with Crippen LogP contribution in [0.2, 0.25) is 0 Å². The van der Waals surface area contributed by atoms with Gasteiger partial charge in [-0.3, -0.25) is 4.79 Å². The standard InChI is InChI=1S/C13H17NO4.ClH/c1-8(2)18-13(16)10-6-4-5-9(12(10)14)7-11(15)17-3;/h4-6,8H,7,14H2,1-3H3;1H. The highest BCUT2D eigenvalue weighted by Gasteiger charge is 2.16. The third-order valence-electron chi connectivity index (χ3n) is 2.32. The second-order valence-electron chi connectivity index (χ2n) is 4.09. The van der Waals surface area contributed by atoms with Crippen LogP contribution in [-0.4, -0.2) is 25.2 Å². The van der Waals surface area contributed by atoms with Crippen molar-refractivity contribution < 1.29 is 19.1 Å². The summed E-state index contributed by atoms with van der Waals surface area (Å²) in [5, 5.41) is 0. The largest absolute Gasteiger partial charge is 0.469 e. The van der Waals surface area contributed by atoms with E-state index in [0.717, 1.165) is 0 Å². The summed E-state index contributed by atoms with van der Waals surface area (Å²) in [5.74, 6) is -0.898. The lowest BCUT2D eigenvalue weighted by Crippen LogP contribution is -2.15. The first-order chi connectivity index (χ1) is 8.45. The van der Waals surface area contributed by atoms with Gasteiger partial charge in [-0.15, -0.1) is 12.4 Å². The molecule has 1 aromatic carbocycles. The molecule has 0 aliphatic heterocycles. The van der Waals surface area contributed by atoms with Gasteiger partial charge in [0.05, 0.1) is 25.2 Å². The molecule has 0 amide bonds. The normalized spacial score (nSPS) is 9.68. The number of ether oxygens (including phenoxy) is 2. The van der Waals surface area contributed by atoms with E-state index in [2.05, 4.69) is 4.74 Å². The minimum absolute atomic E-state index is 0. The lowest BCUT2D eigenvalue weighted by Gasteiger charge is -2.12. The Morgan fingerprint density at radius 1 is 1.32 bits per heavy atom. The molecule has 0 saturated carbocycles. The molecule has 1 aromatic rings. The van der Waals surface area contributed by atoms with Gasteiger partial charge in [0.1, 0.15) is 0 Å². The van der Waals surface area contributed by atoms with Gasteiger partial charge < -0.3 is 15.2 Å². The fourth-order valence-corrected chi connectivity index (χ4v) is 1.45. The van der Waals surface area contributed by atoms with Crippen molar-refractivity contribution in [1.29, 1.82) is 0 Å². The molecule has 1 rings (SSSR count). The molecule has 0 bridgehead atoms. The fourth-order valence-electron chi connectivity index (χ4n) is 1.45. The molecule has 0 spiro atoms. The van der Waals surface area contributed by atoms with Gasteiger partial charge in [0.25, 0.3) is 0 Å². The van der Waals surface area contributed by atoms with Crippen LogP contribution in [-0.2, 0) is 20.7 Å². The number of methoxy groups -OCH3 is 1. The first kappa shape index (κ1) is 17.2. The Kier molecular flexibility index (Phi) is 6.93. The monoisotopic (exact) mass is 287 g/mol. The van der Waals surface area contributed by atoms with Crippen molar-refractivity contribution in [2.24, 2.45) is 0 Å². The number of nitrogens with two attached hydrogens (primary N) is 1. The molecule has 0 unspecified atom stereocenters. The van der Waals surface area contributed by atoms with Crippen molar-refractivity contribution in [2.45, 2.75) is 26.4 Å². The van der Waals surface area contributed by atoms with Gasteiger partial charge in [-0.1, -0.05) is 12.1 Å². The Balaban J connectivity index is 0.00000324. The molecule has 5 nitrogen and oxygen atoms in total. The third kappa shape index (κ3) is 4.79. The molecule has 0 aliphatic rings. The van der Waals surface area contributed by atoms with Gasteiger partial charge in [0.15, 0.2) is 0 Å². The Hall–Kier alpha value is -1.75. The first-order valence-corrected chi connectivity index (χ1v) is 5.60. The molecule has 6 heteroatoms. The summed E-state index contributed by atoms with van der Waals surface area (Å²) in [7, 11) is 1.30. The van der Waals surface area contributed by atoms with Crippen LogP contribution in [0.3, 0.4) is 0 Å². The highest BCUT2D eigenvalue weighted by molar-refractivity contribution is 5.96. The predicted molar refractivity (Wildman–Crippen MR) is 74.4 cm³/mol. The van der Waals surface area contributed by atoms with Crippen molar-refractivity contribution in [3.8, 4) is 0 Å². The number of anilines is 1. The van der Waals surface area contributed by atoms with E-state index in [1.165, 1.54) is 7.11 Å². The fraction of sp³-hybridized carbons (Fsp3) is 0.385. The van der Waals surface area contributed by atoms with Crippen LogP contribution in [0.5, 0.6) is 0 Å². The van der Waals surface area contributed by atoms with E-state index < -0.39 is 11.9 Å². The van der Waals surface area contributed by atoms with Crippen molar-refractivity contribution in [2.75, 3.05) is 12.8 Å². The lowest BCUT2D eigenvalue weighted by molar-refractivity contribution is -0.139. The summed E-state index contributed by atoms with van der Waals surface area (Å²) < 4.78 is 9.63. The topological polar surface area (TPSA) is 78.6 Å². The van der Waals surface area contributed by atoms with E-state index in [9.17, 15) is 9.59 Å². The number of carbonyl (C=O) groups excluding carboxylic acids is 2. The number of esters is 2. The van der Waals surface area contributed by atoms with Crippen LogP contribution in [0, 0.1) is 0 Å². The van der Waals surface area contributed by atoms with Gasteiger partial charge >= 0.3 is 11.9 Å². The number of carbonyl (C=O) groups is 2. The number of halogens is 1. The summed E-state index contributed by atoms with van der Waals surface area (Å²) in [6, 6.07) is 4.91. The van der Waals surface area contributed by atoms with E-state index in [4.69, 9.17) is 10.5 Å². The van der Waals surface area contributed by atoms with Crippen molar-refractivity contribution in [1.82, 2.24) is 0 Å². The van der Waals surface area contributed by atoms with Gasteiger partial charge in [0, 0.05) is 5.69 Å². The zero-order valence-electron chi connectivity index (χ0n) is 11.1. The van der Waals surface area contributed by atoms with E-state index in [1.807, 2.05) is 0 Å². The molecule has 2 N–H and O–H groups in total. The molecular weight excluding hydrogens is 270 g/mol. The van der Waals surface area contributed by atoms with Crippen LogP contribution in [0.4, 0.5) is 5.69 Å². The molecule has 19 heavy (non-hydrogen) atoms. The Bertz CT molecular complexity index is 460. The molecular formula is C13H18ClNO4. The number of hydrogen-bond acceptors (Lipinski definition) is 5. The summed E-state index contributed by atoms with van der Waals surface area (Å²) >= 11 is 0. The zero-order valence-corrected chi connectivity index (χ0v) is 12.0. The quantitative estimate of drug-likeness (QED) is 0.676. The Morgan fingerprint density at radius 2 is 1.95 bits per heavy atom. The Morgan fingerprint density at radius 3 is 2.47 bits per heavy atom. The number of para-hydroxylation sites is 1. The molecule has 0 aliphatic carbocycles. The number of benzene rings is 1. The number of rotatable bonds is 4. The molecule has 106 valence electrons. The zero-order chi connectivity index (χ0) is 13.7. The number of nitrogen functional groups attached to an aromatic ring is 1. The Labute approximate surface area is 118 Å². The van der Waals surface area contributed by atoms with E-state index in [1.54, 1.807) is 32.0 Å². The van der Waals surface area contributed by atoms with Crippen molar-refractivity contribution in [3.05, 3.63) is 29.3 Å². The maximum atomic E-state index is 11.8. The van der Waals surface area contributed by atoms with E-state index in [-0.39, 0.29) is 36.2 Å². The number of hydrogen-bond donors (Lipinski definition) is 1. The molecule has 0 radical (unpaired) electrons. The summed E-state index contributed by atoms with van der Waals surface area (Å²) in [4.78, 5) is 23.0. The highest BCUT2D eigenvalue weighted by atomic mass is 35.5. The first-order valence-electron chi connectivity index (χ1n) is 5.60. The minimum Gasteiger partial charge on any atom is -0.469 e. The van der Waals surface area contributed by atoms with E-state index in [0.29, 0.717) is 5.56 Å². The minimum atomic E-state index is -0.491. The van der Waals surface area contributed by atoms with E-state index >= 15 is 0 Å². The maximum absolute atomic E-state index is 11.8.